The SMILES string of the molecule is CC(=O)C12CCC(CC1)N2. The van der Waals surface area contributed by atoms with E-state index in [2.05, 4.69) is 5.32 Å². The van der Waals surface area contributed by atoms with Crippen molar-refractivity contribution in [2.45, 2.75) is 44.2 Å². The zero-order chi connectivity index (χ0) is 7.19. The van der Waals surface area contributed by atoms with Crippen molar-refractivity contribution in [3.05, 3.63) is 0 Å². The highest BCUT2D eigenvalue weighted by molar-refractivity contribution is 5.87. The smallest absolute Gasteiger partial charge is 0.149 e. The number of Topliss-reactive ketones (excluding diaryl/α,β-unsaturated/α-hetero) is 1. The Balaban J connectivity index is 2.23. The zero-order valence-electron chi connectivity index (χ0n) is 6.31. The first-order chi connectivity index (χ1) is 4.73. The summed E-state index contributed by atoms with van der Waals surface area (Å²) in [4.78, 5) is 11.2. The Bertz CT molecular complexity index is 168. The molecular weight excluding hydrogens is 126 g/mol. The molecule has 2 aliphatic rings. The van der Waals surface area contributed by atoms with Crippen molar-refractivity contribution in [2.75, 3.05) is 0 Å². The van der Waals surface area contributed by atoms with E-state index in [4.69, 9.17) is 0 Å². The lowest BCUT2D eigenvalue weighted by Crippen LogP contribution is -2.42. The van der Waals surface area contributed by atoms with E-state index in [-0.39, 0.29) is 5.54 Å². The van der Waals surface area contributed by atoms with Crippen LogP contribution in [0.4, 0.5) is 0 Å². The molecule has 0 aromatic carbocycles. The summed E-state index contributed by atoms with van der Waals surface area (Å²) in [6, 6.07) is 0.656. The Morgan fingerprint density at radius 2 is 2.10 bits per heavy atom. The largest absolute Gasteiger partial charge is 0.302 e. The highest BCUT2D eigenvalue weighted by Crippen LogP contribution is 2.37. The van der Waals surface area contributed by atoms with Crippen molar-refractivity contribution in [1.29, 1.82) is 0 Å². The van der Waals surface area contributed by atoms with Gasteiger partial charge in [0.2, 0.25) is 0 Å². The van der Waals surface area contributed by atoms with Gasteiger partial charge in [0.05, 0.1) is 5.54 Å². The third-order valence-electron chi connectivity index (χ3n) is 2.99. The molecule has 2 rings (SSSR count). The van der Waals surface area contributed by atoms with Crippen LogP contribution >= 0.6 is 0 Å². The van der Waals surface area contributed by atoms with Crippen molar-refractivity contribution in [2.24, 2.45) is 0 Å². The third kappa shape index (κ3) is 0.655. The fourth-order valence-corrected chi connectivity index (χ4v) is 2.24. The second-order valence-electron chi connectivity index (χ2n) is 3.56. The van der Waals surface area contributed by atoms with Gasteiger partial charge in [0.1, 0.15) is 5.78 Å². The molecule has 10 heavy (non-hydrogen) atoms. The summed E-state index contributed by atoms with van der Waals surface area (Å²) in [5.74, 6) is 0.340. The number of hydrogen-bond acceptors (Lipinski definition) is 2. The predicted octanol–water partition coefficient (Wildman–Crippen LogP) is 0.860. The molecule has 0 atom stereocenters. The van der Waals surface area contributed by atoms with Crippen LogP contribution in [0.15, 0.2) is 0 Å². The molecule has 56 valence electrons. The maximum atomic E-state index is 11.2. The van der Waals surface area contributed by atoms with E-state index in [1.165, 1.54) is 12.8 Å². The number of rotatable bonds is 1. The van der Waals surface area contributed by atoms with Crippen molar-refractivity contribution in [1.82, 2.24) is 5.32 Å². The minimum Gasteiger partial charge on any atom is -0.302 e. The molecule has 2 aliphatic heterocycles. The van der Waals surface area contributed by atoms with Crippen molar-refractivity contribution in [3.8, 4) is 0 Å². The molecule has 2 nitrogen and oxygen atoms in total. The Morgan fingerprint density at radius 1 is 1.50 bits per heavy atom. The van der Waals surface area contributed by atoms with Crippen LogP contribution in [0.3, 0.4) is 0 Å². The van der Waals surface area contributed by atoms with E-state index in [0.29, 0.717) is 11.8 Å². The molecule has 0 unspecified atom stereocenters. The summed E-state index contributed by atoms with van der Waals surface area (Å²) in [5, 5.41) is 3.39. The minimum absolute atomic E-state index is 0.0787. The maximum Gasteiger partial charge on any atom is 0.149 e. The number of nitrogens with one attached hydrogen (secondary N) is 1. The van der Waals surface area contributed by atoms with Crippen LogP contribution in [-0.2, 0) is 4.79 Å². The van der Waals surface area contributed by atoms with Gasteiger partial charge in [0, 0.05) is 6.04 Å². The molecule has 0 spiro atoms. The lowest BCUT2D eigenvalue weighted by molar-refractivity contribution is -0.122. The molecule has 0 aromatic heterocycles. The summed E-state index contributed by atoms with van der Waals surface area (Å²) >= 11 is 0. The van der Waals surface area contributed by atoms with Gasteiger partial charge in [-0.3, -0.25) is 4.79 Å². The van der Waals surface area contributed by atoms with Crippen molar-refractivity contribution < 1.29 is 4.79 Å². The Kier molecular flexibility index (Phi) is 1.15. The predicted molar refractivity (Wildman–Crippen MR) is 38.8 cm³/mol. The van der Waals surface area contributed by atoms with Crippen LogP contribution < -0.4 is 5.32 Å². The summed E-state index contributed by atoms with van der Waals surface area (Å²) in [6.45, 7) is 1.71. The van der Waals surface area contributed by atoms with Gasteiger partial charge in [-0.05, 0) is 32.6 Å². The number of hydrogen-bond donors (Lipinski definition) is 1. The molecule has 2 bridgehead atoms. The molecule has 0 amide bonds. The minimum atomic E-state index is -0.0787. The van der Waals surface area contributed by atoms with Gasteiger partial charge in [-0.15, -0.1) is 0 Å². The van der Waals surface area contributed by atoms with Gasteiger partial charge >= 0.3 is 0 Å². The van der Waals surface area contributed by atoms with Crippen LogP contribution in [-0.4, -0.2) is 17.4 Å². The Morgan fingerprint density at radius 3 is 2.30 bits per heavy atom. The Labute approximate surface area is 61.0 Å². The number of carbonyl (C=O) groups is 1. The van der Waals surface area contributed by atoms with Crippen LogP contribution in [0.25, 0.3) is 0 Å². The lowest BCUT2D eigenvalue weighted by Gasteiger charge is -2.21. The van der Waals surface area contributed by atoms with Crippen LogP contribution in [0, 0.1) is 0 Å². The second kappa shape index (κ2) is 1.82. The average molecular weight is 139 g/mol. The first-order valence-corrected chi connectivity index (χ1v) is 4.02. The molecule has 0 radical (unpaired) electrons. The van der Waals surface area contributed by atoms with Gasteiger partial charge in [0.15, 0.2) is 0 Å². The quantitative estimate of drug-likeness (QED) is 0.583. The summed E-state index contributed by atoms with van der Waals surface area (Å²) in [5.41, 5.74) is -0.0787. The lowest BCUT2D eigenvalue weighted by atomic mass is 9.85. The average Bonchev–Trinajstić information content (AvgIpc) is 2.45. The molecule has 0 saturated carbocycles. The topological polar surface area (TPSA) is 29.1 Å². The molecule has 0 aliphatic carbocycles. The van der Waals surface area contributed by atoms with Crippen molar-refractivity contribution >= 4 is 5.78 Å². The first-order valence-electron chi connectivity index (χ1n) is 4.02. The fraction of sp³-hybridized carbons (Fsp3) is 0.875. The maximum absolute atomic E-state index is 11.2. The zero-order valence-corrected chi connectivity index (χ0v) is 6.31. The Hall–Kier alpha value is -0.370. The molecule has 2 heteroatoms. The molecule has 0 aromatic rings. The standard InChI is InChI=1S/C8H13NO/c1-6(10)8-4-2-7(9-8)3-5-8/h7,9H,2-5H2,1H3. The van der Waals surface area contributed by atoms with Crippen LogP contribution in [0.1, 0.15) is 32.6 Å². The van der Waals surface area contributed by atoms with E-state index in [1.807, 2.05) is 0 Å². The van der Waals surface area contributed by atoms with E-state index in [9.17, 15) is 4.79 Å². The molecule has 2 saturated heterocycles. The summed E-state index contributed by atoms with van der Waals surface area (Å²) in [6.07, 6.45) is 4.57. The third-order valence-corrected chi connectivity index (χ3v) is 2.99. The van der Waals surface area contributed by atoms with Gasteiger partial charge in [0.25, 0.3) is 0 Å². The highest BCUT2D eigenvalue weighted by Gasteiger charge is 2.47. The monoisotopic (exact) mass is 139 g/mol. The molecule has 2 fully saturated rings. The normalized spacial score (nSPS) is 44.3. The van der Waals surface area contributed by atoms with Gasteiger partial charge in [-0.2, -0.15) is 0 Å². The van der Waals surface area contributed by atoms with Crippen LogP contribution in [0.5, 0.6) is 0 Å². The number of ketones is 1. The van der Waals surface area contributed by atoms with Gasteiger partial charge in [-0.25, -0.2) is 0 Å². The van der Waals surface area contributed by atoms with Gasteiger partial charge < -0.3 is 5.32 Å². The van der Waals surface area contributed by atoms with E-state index in [0.717, 1.165) is 12.8 Å². The van der Waals surface area contributed by atoms with E-state index in [1.54, 1.807) is 6.92 Å². The second-order valence-corrected chi connectivity index (χ2v) is 3.56. The fourth-order valence-electron chi connectivity index (χ4n) is 2.24. The molecular formula is C8H13NO. The number of fused-ring (bicyclic) bond motifs is 2. The summed E-state index contributed by atoms with van der Waals surface area (Å²) in [7, 11) is 0. The van der Waals surface area contributed by atoms with Crippen LogP contribution in [0.2, 0.25) is 0 Å². The number of carbonyl (C=O) groups excluding carboxylic acids is 1. The highest BCUT2D eigenvalue weighted by atomic mass is 16.1. The van der Waals surface area contributed by atoms with Crippen molar-refractivity contribution in [3.63, 3.8) is 0 Å². The van der Waals surface area contributed by atoms with Gasteiger partial charge in [-0.1, -0.05) is 0 Å². The molecule has 2 heterocycles. The van der Waals surface area contributed by atoms with E-state index >= 15 is 0 Å². The summed E-state index contributed by atoms with van der Waals surface area (Å²) < 4.78 is 0. The van der Waals surface area contributed by atoms with E-state index < -0.39 is 0 Å². The first kappa shape index (κ1) is 6.35. The molecule has 1 N–H and O–H groups in total.